The molecule has 0 aliphatic carbocycles. The van der Waals surface area contributed by atoms with Crippen LogP contribution < -0.4 is 11.1 Å². The van der Waals surface area contributed by atoms with E-state index in [2.05, 4.69) is 24.1 Å². The molecular formula is C9H21N3. The van der Waals surface area contributed by atoms with Crippen LogP contribution in [0.15, 0.2) is 0 Å². The third-order valence-electron chi connectivity index (χ3n) is 2.33. The normalized spacial score (nSPS) is 23.0. The van der Waals surface area contributed by atoms with Crippen molar-refractivity contribution in [3.05, 3.63) is 0 Å². The maximum absolute atomic E-state index is 6.05. The molecule has 0 aromatic carbocycles. The van der Waals surface area contributed by atoms with Gasteiger partial charge in [-0.2, -0.15) is 0 Å². The molecule has 12 heavy (non-hydrogen) atoms. The first-order chi connectivity index (χ1) is 5.70. The Labute approximate surface area is 75.3 Å². The minimum Gasteiger partial charge on any atom is -0.316 e. The van der Waals surface area contributed by atoms with E-state index in [0.29, 0.717) is 5.92 Å². The summed E-state index contributed by atoms with van der Waals surface area (Å²) in [6, 6.07) is 0. The molecule has 0 bridgehead atoms. The summed E-state index contributed by atoms with van der Waals surface area (Å²) in [6.07, 6.45) is 1.38. The fourth-order valence-corrected chi connectivity index (χ4v) is 1.65. The summed E-state index contributed by atoms with van der Waals surface area (Å²) < 4.78 is 0. The van der Waals surface area contributed by atoms with E-state index in [-0.39, 0.29) is 6.17 Å². The molecule has 0 amide bonds. The Morgan fingerprint density at radius 1 is 1.33 bits per heavy atom. The molecule has 1 unspecified atom stereocenters. The molecule has 1 atom stereocenters. The van der Waals surface area contributed by atoms with Crippen molar-refractivity contribution >= 4 is 0 Å². The first-order valence-corrected chi connectivity index (χ1v) is 4.90. The highest BCUT2D eigenvalue weighted by molar-refractivity contribution is 4.73. The van der Waals surface area contributed by atoms with E-state index >= 15 is 0 Å². The van der Waals surface area contributed by atoms with Crippen LogP contribution in [0.25, 0.3) is 0 Å². The Morgan fingerprint density at radius 3 is 2.42 bits per heavy atom. The van der Waals surface area contributed by atoms with Gasteiger partial charge in [0.15, 0.2) is 0 Å². The first kappa shape index (κ1) is 9.96. The summed E-state index contributed by atoms with van der Waals surface area (Å²) in [5.74, 6) is 0.704. The molecule has 0 radical (unpaired) electrons. The smallest absolute Gasteiger partial charge is 0.0575 e. The van der Waals surface area contributed by atoms with E-state index in [1.165, 1.54) is 0 Å². The van der Waals surface area contributed by atoms with E-state index in [4.69, 9.17) is 5.73 Å². The van der Waals surface area contributed by atoms with Crippen molar-refractivity contribution in [2.24, 2.45) is 11.7 Å². The average Bonchev–Trinajstić information content (AvgIpc) is 2.05. The van der Waals surface area contributed by atoms with Gasteiger partial charge in [-0.15, -0.1) is 0 Å². The van der Waals surface area contributed by atoms with Gasteiger partial charge in [0.1, 0.15) is 0 Å². The van der Waals surface area contributed by atoms with Crippen LogP contribution >= 0.6 is 0 Å². The number of nitrogens with one attached hydrogen (secondary N) is 1. The van der Waals surface area contributed by atoms with E-state index in [9.17, 15) is 0 Å². The number of hydrogen-bond acceptors (Lipinski definition) is 3. The van der Waals surface area contributed by atoms with Crippen molar-refractivity contribution in [3.63, 3.8) is 0 Å². The van der Waals surface area contributed by atoms with Gasteiger partial charge < -0.3 is 11.1 Å². The Kier molecular flexibility index (Phi) is 3.98. The fourth-order valence-electron chi connectivity index (χ4n) is 1.65. The number of rotatable bonds is 3. The largest absolute Gasteiger partial charge is 0.316 e. The minimum atomic E-state index is 0.270. The summed E-state index contributed by atoms with van der Waals surface area (Å²) in [5.41, 5.74) is 6.05. The predicted octanol–water partition coefficient (Wildman–Crippen LogP) is 0.223. The lowest BCUT2D eigenvalue weighted by molar-refractivity contribution is 0.157. The second kappa shape index (κ2) is 4.80. The maximum atomic E-state index is 6.05. The molecule has 0 aromatic rings. The van der Waals surface area contributed by atoms with Crippen LogP contribution in [0.4, 0.5) is 0 Å². The molecule has 1 heterocycles. The zero-order chi connectivity index (χ0) is 8.97. The van der Waals surface area contributed by atoms with Gasteiger partial charge >= 0.3 is 0 Å². The molecule has 1 aliphatic rings. The van der Waals surface area contributed by atoms with Gasteiger partial charge in [-0.3, -0.25) is 4.90 Å². The standard InChI is InChI=1S/C9H21N3/c1-8(2)7-9(10)12-5-3-11-4-6-12/h8-9,11H,3-7,10H2,1-2H3. The van der Waals surface area contributed by atoms with E-state index in [1.54, 1.807) is 0 Å². The van der Waals surface area contributed by atoms with Gasteiger partial charge in [0.2, 0.25) is 0 Å². The highest BCUT2D eigenvalue weighted by atomic mass is 15.3. The summed E-state index contributed by atoms with van der Waals surface area (Å²) in [6.45, 7) is 8.84. The van der Waals surface area contributed by atoms with Crippen molar-refractivity contribution in [2.75, 3.05) is 26.2 Å². The first-order valence-electron chi connectivity index (χ1n) is 4.90. The fraction of sp³-hybridized carbons (Fsp3) is 1.00. The third-order valence-corrected chi connectivity index (χ3v) is 2.33. The van der Waals surface area contributed by atoms with Gasteiger partial charge in [-0.25, -0.2) is 0 Å². The monoisotopic (exact) mass is 171 g/mol. The SMILES string of the molecule is CC(C)CC(N)N1CCNCC1. The Hall–Kier alpha value is -0.120. The Balaban J connectivity index is 2.24. The molecule has 1 fully saturated rings. The molecule has 0 spiro atoms. The van der Waals surface area contributed by atoms with Crippen LogP contribution in [-0.2, 0) is 0 Å². The van der Waals surface area contributed by atoms with E-state index < -0.39 is 0 Å². The summed E-state index contributed by atoms with van der Waals surface area (Å²) in [5, 5.41) is 3.33. The molecule has 0 aromatic heterocycles. The van der Waals surface area contributed by atoms with Gasteiger partial charge in [0.25, 0.3) is 0 Å². The molecule has 3 nitrogen and oxygen atoms in total. The Bertz CT molecular complexity index is 119. The van der Waals surface area contributed by atoms with E-state index in [1.807, 2.05) is 0 Å². The van der Waals surface area contributed by atoms with E-state index in [0.717, 1.165) is 32.6 Å². The van der Waals surface area contributed by atoms with Gasteiger partial charge in [0.05, 0.1) is 6.17 Å². The topological polar surface area (TPSA) is 41.3 Å². The van der Waals surface area contributed by atoms with Crippen LogP contribution in [-0.4, -0.2) is 37.2 Å². The Morgan fingerprint density at radius 2 is 1.92 bits per heavy atom. The molecule has 0 saturated carbocycles. The highest BCUT2D eigenvalue weighted by Crippen LogP contribution is 2.07. The maximum Gasteiger partial charge on any atom is 0.0575 e. The molecular weight excluding hydrogens is 150 g/mol. The van der Waals surface area contributed by atoms with Crippen LogP contribution in [0.5, 0.6) is 0 Å². The lowest BCUT2D eigenvalue weighted by atomic mass is 10.1. The molecule has 1 rings (SSSR count). The summed E-state index contributed by atoms with van der Waals surface area (Å²) in [4.78, 5) is 2.37. The predicted molar refractivity (Wildman–Crippen MR) is 51.9 cm³/mol. The van der Waals surface area contributed by atoms with Gasteiger partial charge in [-0.05, 0) is 12.3 Å². The summed E-state index contributed by atoms with van der Waals surface area (Å²) >= 11 is 0. The number of piperazine rings is 1. The minimum absolute atomic E-state index is 0.270. The van der Waals surface area contributed by atoms with Crippen molar-refractivity contribution in [2.45, 2.75) is 26.4 Å². The average molecular weight is 171 g/mol. The van der Waals surface area contributed by atoms with Crippen LogP contribution in [0.2, 0.25) is 0 Å². The van der Waals surface area contributed by atoms with Crippen molar-refractivity contribution in [1.82, 2.24) is 10.2 Å². The van der Waals surface area contributed by atoms with Crippen molar-refractivity contribution < 1.29 is 0 Å². The second-order valence-electron chi connectivity index (χ2n) is 3.98. The zero-order valence-electron chi connectivity index (χ0n) is 8.21. The molecule has 3 heteroatoms. The molecule has 1 aliphatic heterocycles. The molecule has 72 valence electrons. The van der Waals surface area contributed by atoms with Crippen LogP contribution in [0, 0.1) is 5.92 Å². The van der Waals surface area contributed by atoms with Crippen LogP contribution in [0.3, 0.4) is 0 Å². The van der Waals surface area contributed by atoms with Crippen molar-refractivity contribution in [1.29, 1.82) is 0 Å². The van der Waals surface area contributed by atoms with Gasteiger partial charge in [-0.1, -0.05) is 13.8 Å². The van der Waals surface area contributed by atoms with Crippen molar-refractivity contribution in [3.8, 4) is 0 Å². The quantitative estimate of drug-likeness (QED) is 0.638. The second-order valence-corrected chi connectivity index (χ2v) is 3.98. The third kappa shape index (κ3) is 3.09. The molecule has 3 N–H and O–H groups in total. The number of hydrogen-bond donors (Lipinski definition) is 2. The number of nitrogens with zero attached hydrogens (tertiary/aromatic N) is 1. The number of nitrogens with two attached hydrogens (primary N) is 1. The summed E-state index contributed by atoms with van der Waals surface area (Å²) in [7, 11) is 0. The lowest BCUT2D eigenvalue weighted by Crippen LogP contribution is -2.52. The lowest BCUT2D eigenvalue weighted by Gasteiger charge is -2.33. The van der Waals surface area contributed by atoms with Crippen LogP contribution in [0.1, 0.15) is 20.3 Å². The zero-order valence-corrected chi connectivity index (χ0v) is 8.21. The highest BCUT2D eigenvalue weighted by Gasteiger charge is 2.16. The van der Waals surface area contributed by atoms with Gasteiger partial charge in [0, 0.05) is 26.2 Å². The molecule has 1 saturated heterocycles.